The highest BCUT2D eigenvalue weighted by atomic mass is 16.1. The van der Waals surface area contributed by atoms with Gasteiger partial charge in [0.05, 0.1) is 17.3 Å². The third kappa shape index (κ3) is 3.36. The van der Waals surface area contributed by atoms with Gasteiger partial charge in [0.15, 0.2) is 5.78 Å². The molecule has 1 aromatic carbocycles. The maximum absolute atomic E-state index is 11.9. The Kier molecular flexibility index (Phi) is 4.50. The molecule has 2 heterocycles. The quantitative estimate of drug-likeness (QED) is 0.548. The molecule has 122 valence electrons. The van der Waals surface area contributed by atoms with E-state index in [1.165, 1.54) is 0 Å². The number of nitrogens with zero attached hydrogens (tertiary/aromatic N) is 4. The van der Waals surface area contributed by atoms with E-state index >= 15 is 0 Å². The molecule has 3 aromatic rings. The van der Waals surface area contributed by atoms with Crippen molar-refractivity contribution in [1.29, 1.82) is 5.26 Å². The molecule has 0 aliphatic carbocycles. The summed E-state index contributed by atoms with van der Waals surface area (Å²) in [6, 6.07) is 13.0. The van der Waals surface area contributed by atoms with Crippen molar-refractivity contribution in [1.82, 2.24) is 14.3 Å². The number of hydrogen-bond donors (Lipinski definition) is 0. The van der Waals surface area contributed by atoms with Crippen LogP contribution < -0.4 is 0 Å². The lowest BCUT2D eigenvalue weighted by Crippen LogP contribution is -2.02. The highest BCUT2D eigenvalue weighted by Gasteiger charge is 2.15. The van der Waals surface area contributed by atoms with Crippen molar-refractivity contribution in [2.45, 2.75) is 20.4 Å². The average Bonchev–Trinajstić information content (AvgIpc) is 3.23. The lowest BCUT2D eigenvalue weighted by Gasteiger charge is -2.09. The van der Waals surface area contributed by atoms with Crippen LogP contribution in [0.1, 0.15) is 34.2 Å². The minimum absolute atomic E-state index is 0.0000197. The van der Waals surface area contributed by atoms with E-state index in [9.17, 15) is 4.79 Å². The van der Waals surface area contributed by atoms with E-state index in [2.05, 4.69) is 23.0 Å². The van der Waals surface area contributed by atoms with Gasteiger partial charge in [-0.2, -0.15) is 10.4 Å². The Morgan fingerprint density at radius 2 is 2.04 bits per heavy atom. The van der Waals surface area contributed by atoms with E-state index in [4.69, 9.17) is 5.26 Å². The SMILES string of the molecule is CC(=O)c1cc(C#CCn2cccn2)n(-c2ccc(C#N)cc2)c1C. The van der Waals surface area contributed by atoms with Crippen LogP contribution in [0.25, 0.3) is 5.69 Å². The number of carbonyl (C=O) groups is 1. The van der Waals surface area contributed by atoms with Crippen LogP contribution >= 0.6 is 0 Å². The van der Waals surface area contributed by atoms with E-state index < -0.39 is 0 Å². The summed E-state index contributed by atoms with van der Waals surface area (Å²) in [7, 11) is 0. The van der Waals surface area contributed by atoms with Crippen molar-refractivity contribution in [2.24, 2.45) is 0 Å². The van der Waals surface area contributed by atoms with Crippen molar-refractivity contribution < 1.29 is 4.79 Å². The predicted molar refractivity (Wildman–Crippen MR) is 94.3 cm³/mol. The summed E-state index contributed by atoms with van der Waals surface area (Å²) in [6.07, 6.45) is 3.56. The molecule has 5 heteroatoms. The average molecular weight is 328 g/mol. The molecule has 0 saturated carbocycles. The van der Waals surface area contributed by atoms with Gasteiger partial charge in [0.2, 0.25) is 0 Å². The summed E-state index contributed by atoms with van der Waals surface area (Å²) in [6.45, 7) is 3.92. The van der Waals surface area contributed by atoms with Crippen LogP contribution in [0, 0.1) is 30.1 Å². The van der Waals surface area contributed by atoms with Crippen LogP contribution in [0.2, 0.25) is 0 Å². The highest BCUT2D eigenvalue weighted by Crippen LogP contribution is 2.21. The minimum atomic E-state index is 0.0000197. The highest BCUT2D eigenvalue weighted by molar-refractivity contribution is 5.96. The summed E-state index contributed by atoms with van der Waals surface area (Å²) >= 11 is 0. The molecule has 0 aliphatic heterocycles. The van der Waals surface area contributed by atoms with Gasteiger partial charge < -0.3 is 4.57 Å². The molecule has 0 atom stereocenters. The van der Waals surface area contributed by atoms with Crippen LogP contribution in [-0.4, -0.2) is 20.1 Å². The Bertz CT molecular complexity index is 1010. The van der Waals surface area contributed by atoms with Crippen LogP contribution in [-0.2, 0) is 6.54 Å². The molecule has 0 saturated heterocycles. The van der Waals surface area contributed by atoms with Crippen molar-refractivity contribution in [3.8, 4) is 23.6 Å². The lowest BCUT2D eigenvalue weighted by atomic mass is 10.2. The summed E-state index contributed by atoms with van der Waals surface area (Å²) < 4.78 is 3.68. The monoisotopic (exact) mass is 328 g/mol. The Hall–Kier alpha value is -3.57. The van der Waals surface area contributed by atoms with Crippen molar-refractivity contribution in [3.05, 3.63) is 71.3 Å². The number of rotatable bonds is 3. The first-order valence-corrected chi connectivity index (χ1v) is 7.80. The number of benzene rings is 1. The fourth-order valence-corrected chi connectivity index (χ4v) is 2.68. The minimum Gasteiger partial charge on any atom is -0.307 e. The van der Waals surface area contributed by atoms with Gasteiger partial charge in [0, 0.05) is 29.3 Å². The number of aromatic nitrogens is 3. The molecule has 0 radical (unpaired) electrons. The third-order valence-electron chi connectivity index (χ3n) is 3.90. The molecule has 5 nitrogen and oxygen atoms in total. The first-order chi connectivity index (χ1) is 12.1. The second kappa shape index (κ2) is 6.90. The number of hydrogen-bond acceptors (Lipinski definition) is 3. The number of ketones is 1. The molecular weight excluding hydrogens is 312 g/mol. The zero-order chi connectivity index (χ0) is 17.8. The Morgan fingerprint density at radius 3 is 2.64 bits per heavy atom. The lowest BCUT2D eigenvalue weighted by molar-refractivity contribution is 0.101. The summed E-state index contributed by atoms with van der Waals surface area (Å²) in [5.74, 6) is 6.21. The maximum Gasteiger partial charge on any atom is 0.161 e. The van der Waals surface area contributed by atoms with Gasteiger partial charge in [-0.3, -0.25) is 9.48 Å². The molecule has 0 spiro atoms. The van der Waals surface area contributed by atoms with Crippen molar-refractivity contribution in [3.63, 3.8) is 0 Å². The summed E-state index contributed by atoms with van der Waals surface area (Å²) in [5.41, 5.74) is 3.67. The number of Topliss-reactive ketones (excluding diaryl/α,β-unsaturated/α-hetero) is 1. The fourth-order valence-electron chi connectivity index (χ4n) is 2.68. The predicted octanol–water partition coefficient (Wildman–Crippen LogP) is 3.11. The topological polar surface area (TPSA) is 63.6 Å². The molecule has 0 aliphatic rings. The normalized spacial score (nSPS) is 9.96. The fraction of sp³-hybridized carbons (Fsp3) is 0.150. The van der Waals surface area contributed by atoms with E-state index in [-0.39, 0.29) is 5.78 Å². The molecular formula is C20H16N4O. The van der Waals surface area contributed by atoms with Crippen molar-refractivity contribution in [2.75, 3.05) is 0 Å². The maximum atomic E-state index is 11.9. The molecule has 0 fully saturated rings. The van der Waals surface area contributed by atoms with Gasteiger partial charge in [-0.25, -0.2) is 0 Å². The van der Waals surface area contributed by atoms with Crippen LogP contribution in [0.5, 0.6) is 0 Å². The molecule has 0 N–H and O–H groups in total. The molecule has 3 rings (SSSR count). The first-order valence-electron chi connectivity index (χ1n) is 7.80. The van der Waals surface area contributed by atoms with Crippen molar-refractivity contribution >= 4 is 5.78 Å². The van der Waals surface area contributed by atoms with E-state index in [0.717, 1.165) is 17.1 Å². The summed E-state index contributed by atoms with van der Waals surface area (Å²) in [4.78, 5) is 11.9. The van der Waals surface area contributed by atoms with Crippen LogP contribution in [0.15, 0.2) is 48.8 Å². The van der Waals surface area contributed by atoms with Gasteiger partial charge in [-0.15, -0.1) is 0 Å². The van der Waals surface area contributed by atoms with E-state index in [1.807, 2.05) is 42.0 Å². The summed E-state index contributed by atoms with van der Waals surface area (Å²) in [5, 5.41) is 13.1. The van der Waals surface area contributed by atoms with Gasteiger partial charge in [0.25, 0.3) is 0 Å². The van der Waals surface area contributed by atoms with Gasteiger partial charge >= 0.3 is 0 Å². The zero-order valence-corrected chi connectivity index (χ0v) is 14.0. The van der Waals surface area contributed by atoms with E-state index in [0.29, 0.717) is 17.7 Å². The van der Waals surface area contributed by atoms with Crippen LogP contribution in [0.3, 0.4) is 0 Å². The second-order valence-electron chi connectivity index (χ2n) is 5.58. The number of nitriles is 1. The Balaban J connectivity index is 2.04. The number of carbonyl (C=O) groups excluding carboxylic acids is 1. The smallest absolute Gasteiger partial charge is 0.161 e. The first kappa shape index (κ1) is 16.3. The zero-order valence-electron chi connectivity index (χ0n) is 14.0. The molecule has 2 aromatic heterocycles. The van der Waals surface area contributed by atoms with Gasteiger partial charge in [-0.1, -0.05) is 5.92 Å². The molecule has 0 unspecified atom stereocenters. The molecule has 0 amide bonds. The largest absolute Gasteiger partial charge is 0.307 e. The van der Waals surface area contributed by atoms with Crippen LogP contribution in [0.4, 0.5) is 0 Å². The second-order valence-corrected chi connectivity index (χ2v) is 5.58. The standard InChI is InChI=1S/C20H16N4O/c1-15-20(16(2)25)13-19(5-3-11-23-12-4-10-22-23)24(15)18-8-6-17(14-21)7-9-18/h4,6-10,12-13H,11H2,1-2H3. The Morgan fingerprint density at radius 1 is 1.28 bits per heavy atom. The Labute approximate surface area is 146 Å². The van der Waals surface area contributed by atoms with Gasteiger partial charge in [0.1, 0.15) is 6.54 Å². The molecule has 25 heavy (non-hydrogen) atoms. The third-order valence-corrected chi connectivity index (χ3v) is 3.90. The molecule has 0 bridgehead atoms. The van der Waals surface area contributed by atoms with Gasteiger partial charge in [-0.05, 0) is 56.2 Å². The van der Waals surface area contributed by atoms with E-state index in [1.54, 1.807) is 29.9 Å².